The Kier molecular flexibility index (Phi) is 4.53. The van der Waals surface area contributed by atoms with Crippen molar-refractivity contribution in [1.29, 1.82) is 0 Å². The molecular weight excluding hydrogens is 417 g/mol. The second-order valence-electron chi connectivity index (χ2n) is 4.36. The van der Waals surface area contributed by atoms with E-state index < -0.39 is 0 Å². The van der Waals surface area contributed by atoms with Gasteiger partial charge in [-0.15, -0.1) is 0 Å². The molecule has 112 valence electrons. The molecule has 0 saturated carbocycles. The lowest BCUT2D eigenvalue weighted by molar-refractivity contribution is 0.432. The van der Waals surface area contributed by atoms with Crippen molar-refractivity contribution < 1.29 is 4.52 Å². The summed E-state index contributed by atoms with van der Waals surface area (Å²) in [5.41, 5.74) is 1.24. The van der Waals surface area contributed by atoms with E-state index in [0.717, 1.165) is 10.1 Å². The van der Waals surface area contributed by atoms with Gasteiger partial charge in [0.25, 0.3) is 5.89 Å². The molecule has 0 aliphatic carbocycles. The maximum Gasteiger partial charge on any atom is 0.259 e. The second kappa shape index (κ2) is 6.57. The Morgan fingerprint density at radius 3 is 2.86 bits per heavy atom. The van der Waals surface area contributed by atoms with Crippen molar-refractivity contribution in [3.05, 3.63) is 39.2 Å². The van der Waals surface area contributed by atoms with Crippen LogP contribution in [-0.2, 0) is 0 Å². The van der Waals surface area contributed by atoms with Crippen LogP contribution in [0.4, 0.5) is 5.82 Å². The normalized spacial score (nSPS) is 10.7. The topological polar surface area (TPSA) is 76.7 Å². The molecule has 0 fully saturated rings. The van der Waals surface area contributed by atoms with Gasteiger partial charge in [-0.05, 0) is 47.7 Å². The van der Waals surface area contributed by atoms with Crippen LogP contribution in [0.25, 0.3) is 23.0 Å². The van der Waals surface area contributed by atoms with Crippen molar-refractivity contribution in [2.45, 2.75) is 6.92 Å². The molecule has 0 atom stereocenters. The zero-order valence-corrected chi connectivity index (χ0v) is 14.5. The first-order valence-corrected chi connectivity index (χ1v) is 7.98. The average Bonchev–Trinajstić information content (AvgIpc) is 3.00. The fraction of sp³-hybridized carbons (Fsp3) is 0.143. The number of hydrogen-bond acceptors (Lipinski definition) is 6. The molecule has 0 aliphatic rings. The van der Waals surface area contributed by atoms with Crippen LogP contribution in [0.3, 0.4) is 0 Å². The van der Waals surface area contributed by atoms with Gasteiger partial charge in [-0.3, -0.25) is 0 Å². The number of rotatable bonds is 4. The summed E-state index contributed by atoms with van der Waals surface area (Å²) >= 11 is 8.37. The van der Waals surface area contributed by atoms with Crippen molar-refractivity contribution >= 4 is 40.0 Å². The Bertz CT molecular complexity index is 790. The van der Waals surface area contributed by atoms with Crippen molar-refractivity contribution in [1.82, 2.24) is 20.1 Å². The molecule has 2 aromatic heterocycles. The summed E-state index contributed by atoms with van der Waals surface area (Å²) in [5, 5.41) is 7.57. The van der Waals surface area contributed by atoms with E-state index in [1.54, 1.807) is 18.5 Å². The fourth-order valence-corrected chi connectivity index (χ4v) is 2.50. The molecule has 8 heteroatoms. The van der Waals surface area contributed by atoms with Crippen LogP contribution in [0.2, 0.25) is 5.02 Å². The molecule has 0 saturated heterocycles. The number of nitrogens with one attached hydrogen (secondary N) is 1. The Balaban J connectivity index is 1.91. The van der Waals surface area contributed by atoms with Crippen molar-refractivity contribution in [2.75, 3.05) is 11.9 Å². The lowest BCUT2D eigenvalue weighted by atomic mass is 10.2. The van der Waals surface area contributed by atoms with Crippen molar-refractivity contribution in [3.63, 3.8) is 0 Å². The SMILES string of the molecule is CCNc1cnc(-c2noc(-c3cc(I)ccc3Cl)n2)cn1. The van der Waals surface area contributed by atoms with Gasteiger partial charge < -0.3 is 9.84 Å². The van der Waals surface area contributed by atoms with E-state index >= 15 is 0 Å². The molecule has 0 bridgehead atoms. The largest absolute Gasteiger partial charge is 0.369 e. The molecule has 0 spiro atoms. The molecule has 0 amide bonds. The van der Waals surface area contributed by atoms with E-state index in [9.17, 15) is 0 Å². The number of anilines is 1. The molecule has 3 rings (SSSR count). The summed E-state index contributed by atoms with van der Waals surface area (Å²) in [6.07, 6.45) is 3.23. The highest BCUT2D eigenvalue weighted by molar-refractivity contribution is 14.1. The molecular formula is C14H11ClIN5O. The first kappa shape index (κ1) is 15.2. The third kappa shape index (κ3) is 3.20. The number of aromatic nitrogens is 4. The first-order chi connectivity index (χ1) is 10.7. The molecule has 2 heterocycles. The quantitative estimate of drug-likeness (QED) is 0.637. The average molecular weight is 428 g/mol. The van der Waals surface area contributed by atoms with Gasteiger partial charge in [-0.2, -0.15) is 4.98 Å². The van der Waals surface area contributed by atoms with E-state index in [1.165, 1.54) is 0 Å². The van der Waals surface area contributed by atoms with Crippen LogP contribution < -0.4 is 5.32 Å². The highest BCUT2D eigenvalue weighted by Crippen LogP contribution is 2.29. The minimum Gasteiger partial charge on any atom is -0.369 e. The Morgan fingerprint density at radius 1 is 1.27 bits per heavy atom. The van der Waals surface area contributed by atoms with E-state index in [0.29, 0.717) is 33.8 Å². The number of halogens is 2. The van der Waals surface area contributed by atoms with Crippen LogP contribution >= 0.6 is 34.2 Å². The summed E-state index contributed by atoms with van der Waals surface area (Å²) in [6.45, 7) is 2.78. The van der Waals surface area contributed by atoms with Gasteiger partial charge in [0.1, 0.15) is 11.5 Å². The maximum absolute atomic E-state index is 6.17. The van der Waals surface area contributed by atoms with Gasteiger partial charge in [-0.25, -0.2) is 9.97 Å². The zero-order valence-electron chi connectivity index (χ0n) is 11.5. The van der Waals surface area contributed by atoms with Crippen LogP contribution in [-0.4, -0.2) is 26.7 Å². The minimum atomic E-state index is 0.357. The third-order valence-electron chi connectivity index (χ3n) is 2.82. The molecule has 6 nitrogen and oxygen atoms in total. The Hall–Kier alpha value is -1.74. The molecule has 0 aliphatic heterocycles. The summed E-state index contributed by atoms with van der Waals surface area (Å²) in [5.74, 6) is 1.44. The Labute approximate surface area is 145 Å². The van der Waals surface area contributed by atoms with Crippen molar-refractivity contribution in [3.8, 4) is 23.0 Å². The molecule has 1 aromatic carbocycles. The van der Waals surface area contributed by atoms with Crippen LogP contribution in [0.15, 0.2) is 35.1 Å². The van der Waals surface area contributed by atoms with E-state index in [4.69, 9.17) is 16.1 Å². The fourth-order valence-electron chi connectivity index (χ4n) is 1.81. The van der Waals surface area contributed by atoms with Gasteiger partial charge in [0.15, 0.2) is 0 Å². The molecule has 22 heavy (non-hydrogen) atoms. The lowest BCUT2D eigenvalue weighted by Gasteiger charge is -2.00. The van der Waals surface area contributed by atoms with Gasteiger partial charge in [0.2, 0.25) is 5.82 Å². The minimum absolute atomic E-state index is 0.357. The monoisotopic (exact) mass is 427 g/mol. The Morgan fingerprint density at radius 2 is 2.14 bits per heavy atom. The zero-order chi connectivity index (χ0) is 15.5. The first-order valence-electron chi connectivity index (χ1n) is 6.53. The van der Waals surface area contributed by atoms with Gasteiger partial charge in [0.05, 0.1) is 23.0 Å². The van der Waals surface area contributed by atoms with Crippen molar-refractivity contribution in [2.24, 2.45) is 0 Å². The highest BCUT2D eigenvalue weighted by Gasteiger charge is 2.15. The molecule has 0 radical (unpaired) electrons. The van der Waals surface area contributed by atoms with Gasteiger partial charge in [-0.1, -0.05) is 16.8 Å². The van der Waals surface area contributed by atoms with E-state index in [1.807, 2.05) is 19.1 Å². The molecule has 1 N–H and O–H groups in total. The van der Waals surface area contributed by atoms with E-state index in [2.05, 4.69) is 48.0 Å². The van der Waals surface area contributed by atoms with Gasteiger partial charge in [0, 0.05) is 10.1 Å². The lowest BCUT2D eigenvalue weighted by Crippen LogP contribution is -2.00. The predicted molar refractivity (Wildman–Crippen MR) is 92.7 cm³/mol. The second-order valence-corrected chi connectivity index (χ2v) is 6.02. The van der Waals surface area contributed by atoms with Crippen LogP contribution in [0.1, 0.15) is 6.92 Å². The van der Waals surface area contributed by atoms with Crippen LogP contribution in [0.5, 0.6) is 0 Å². The van der Waals surface area contributed by atoms with E-state index in [-0.39, 0.29) is 0 Å². The maximum atomic E-state index is 6.17. The number of hydrogen-bond donors (Lipinski definition) is 1. The molecule has 3 aromatic rings. The standard InChI is InChI=1S/C14H11ClIN5O/c1-2-17-12-7-18-11(6-19-12)13-20-14(22-21-13)9-5-8(16)3-4-10(9)15/h3-7H,2H2,1H3,(H,17,19). The molecule has 0 unspecified atom stereocenters. The van der Waals surface area contributed by atoms with Crippen LogP contribution in [0, 0.1) is 3.57 Å². The smallest absolute Gasteiger partial charge is 0.259 e. The van der Waals surface area contributed by atoms with Gasteiger partial charge >= 0.3 is 0 Å². The summed E-state index contributed by atoms with van der Waals surface area (Å²) < 4.78 is 6.32. The highest BCUT2D eigenvalue weighted by atomic mass is 127. The number of nitrogens with zero attached hydrogens (tertiary/aromatic N) is 4. The summed E-state index contributed by atoms with van der Waals surface area (Å²) in [4.78, 5) is 12.8. The summed E-state index contributed by atoms with van der Waals surface area (Å²) in [6, 6.07) is 5.60. The number of benzene rings is 1. The summed E-state index contributed by atoms with van der Waals surface area (Å²) in [7, 11) is 0. The predicted octanol–water partition coefficient (Wildman–Crippen LogP) is 3.88. The third-order valence-corrected chi connectivity index (χ3v) is 3.82.